The van der Waals surface area contributed by atoms with E-state index in [9.17, 15) is 9.59 Å². The molecule has 1 amide bonds. The van der Waals surface area contributed by atoms with Crippen LogP contribution in [0.25, 0.3) is 0 Å². The average Bonchev–Trinajstić information content (AvgIpc) is 3.02. The Morgan fingerprint density at radius 3 is 2.80 bits per heavy atom. The normalized spacial score (nSPS) is 16.8. The van der Waals surface area contributed by atoms with E-state index in [0.717, 1.165) is 42.9 Å². The van der Waals surface area contributed by atoms with Gasteiger partial charge in [0.25, 0.3) is 0 Å². The van der Waals surface area contributed by atoms with Gasteiger partial charge >= 0.3 is 6.09 Å². The smallest absolute Gasteiger partial charge is 0.407 e. The van der Waals surface area contributed by atoms with Crippen LogP contribution < -0.4 is 15.4 Å². The van der Waals surface area contributed by atoms with Crippen molar-refractivity contribution >= 4 is 24.1 Å². The molecule has 1 fully saturated rings. The molecule has 1 aromatic rings. The molecule has 2 aliphatic heterocycles. The van der Waals surface area contributed by atoms with Crippen LogP contribution in [0.4, 0.5) is 4.79 Å². The highest BCUT2D eigenvalue weighted by Gasteiger charge is 2.20. The summed E-state index contributed by atoms with van der Waals surface area (Å²) < 4.78 is 10.4. The van der Waals surface area contributed by atoms with Gasteiger partial charge in [0.15, 0.2) is 12.0 Å². The molecule has 0 bridgehead atoms. The summed E-state index contributed by atoms with van der Waals surface area (Å²) in [6.07, 6.45) is 3.99. The molecule has 2 aliphatic rings. The molecule has 25 heavy (non-hydrogen) atoms. The van der Waals surface area contributed by atoms with Crippen LogP contribution in [0.2, 0.25) is 0 Å². The minimum atomic E-state index is -0.406. The molecule has 3 rings (SSSR count). The molecular weight excluding hydrogens is 342 g/mol. The van der Waals surface area contributed by atoms with Gasteiger partial charge in [0, 0.05) is 6.04 Å². The molecular formula is C17H25N3O4S. The van der Waals surface area contributed by atoms with Crippen LogP contribution >= 0.6 is 11.8 Å². The van der Waals surface area contributed by atoms with E-state index in [0.29, 0.717) is 11.6 Å². The first-order chi connectivity index (χ1) is 11.9. The quantitative estimate of drug-likeness (QED) is 0.777. The SMILES string of the molecule is CC(C)(C)OC(=O)NC1CCNCC1.O=Cc1cc2c(cn1)OCS2. The lowest BCUT2D eigenvalue weighted by Gasteiger charge is -2.26. The number of fused-ring (bicyclic) bond motifs is 1. The van der Waals surface area contributed by atoms with Crippen LogP contribution in [-0.2, 0) is 4.74 Å². The van der Waals surface area contributed by atoms with Gasteiger partial charge in [0.1, 0.15) is 17.2 Å². The van der Waals surface area contributed by atoms with Crippen molar-refractivity contribution in [2.45, 2.75) is 50.2 Å². The van der Waals surface area contributed by atoms with Crippen LogP contribution in [0.1, 0.15) is 44.1 Å². The van der Waals surface area contributed by atoms with E-state index in [2.05, 4.69) is 15.6 Å². The van der Waals surface area contributed by atoms with Crippen molar-refractivity contribution in [3.63, 3.8) is 0 Å². The first-order valence-corrected chi connectivity index (χ1v) is 9.27. The van der Waals surface area contributed by atoms with Crippen molar-refractivity contribution in [3.05, 3.63) is 18.0 Å². The highest BCUT2D eigenvalue weighted by atomic mass is 32.2. The van der Waals surface area contributed by atoms with Crippen molar-refractivity contribution in [3.8, 4) is 5.75 Å². The zero-order valence-corrected chi connectivity index (χ0v) is 15.6. The topological polar surface area (TPSA) is 89.6 Å². The number of aldehydes is 1. The number of rotatable bonds is 2. The average molecular weight is 367 g/mol. The molecule has 0 aromatic carbocycles. The first-order valence-electron chi connectivity index (χ1n) is 8.28. The third kappa shape index (κ3) is 6.91. The minimum Gasteiger partial charge on any atom is -0.480 e. The van der Waals surface area contributed by atoms with Crippen molar-refractivity contribution in [2.24, 2.45) is 0 Å². The fraction of sp³-hybridized carbons (Fsp3) is 0.588. The highest BCUT2D eigenvalue weighted by molar-refractivity contribution is 7.99. The van der Waals surface area contributed by atoms with E-state index in [1.165, 1.54) is 0 Å². The van der Waals surface area contributed by atoms with Crippen LogP contribution in [0.3, 0.4) is 0 Å². The number of nitrogens with one attached hydrogen (secondary N) is 2. The van der Waals surface area contributed by atoms with Gasteiger partial charge in [0.2, 0.25) is 0 Å². The van der Waals surface area contributed by atoms with Crippen molar-refractivity contribution < 1.29 is 19.1 Å². The second kappa shape index (κ2) is 9.05. The molecule has 138 valence electrons. The largest absolute Gasteiger partial charge is 0.480 e. The Bertz CT molecular complexity index is 598. The molecule has 0 saturated carbocycles. The number of pyridine rings is 1. The number of aromatic nitrogens is 1. The van der Waals surface area contributed by atoms with Gasteiger partial charge in [-0.1, -0.05) is 11.8 Å². The van der Waals surface area contributed by atoms with Crippen LogP contribution in [0.5, 0.6) is 5.75 Å². The minimum absolute atomic E-state index is 0.270. The molecule has 1 saturated heterocycles. The fourth-order valence-electron chi connectivity index (χ4n) is 2.32. The number of alkyl carbamates (subject to hydrolysis) is 1. The van der Waals surface area contributed by atoms with E-state index in [-0.39, 0.29) is 12.1 Å². The molecule has 1 aromatic heterocycles. The summed E-state index contributed by atoms with van der Waals surface area (Å²) in [7, 11) is 0. The van der Waals surface area contributed by atoms with Crippen molar-refractivity contribution in [1.82, 2.24) is 15.6 Å². The van der Waals surface area contributed by atoms with Crippen molar-refractivity contribution in [1.29, 1.82) is 0 Å². The van der Waals surface area contributed by atoms with Gasteiger partial charge in [-0.3, -0.25) is 4.79 Å². The van der Waals surface area contributed by atoms with E-state index in [4.69, 9.17) is 9.47 Å². The summed E-state index contributed by atoms with van der Waals surface area (Å²) in [5, 5.41) is 6.12. The lowest BCUT2D eigenvalue weighted by atomic mass is 10.1. The van der Waals surface area contributed by atoms with E-state index in [1.54, 1.807) is 24.0 Å². The number of carbonyl (C=O) groups excluding carboxylic acids is 2. The van der Waals surface area contributed by atoms with Gasteiger partial charge in [-0.25, -0.2) is 9.78 Å². The lowest BCUT2D eigenvalue weighted by Crippen LogP contribution is -2.44. The predicted molar refractivity (Wildman–Crippen MR) is 96.2 cm³/mol. The molecule has 8 heteroatoms. The Morgan fingerprint density at radius 2 is 2.16 bits per heavy atom. The zero-order chi connectivity index (χ0) is 18.3. The monoisotopic (exact) mass is 367 g/mol. The third-order valence-corrected chi connectivity index (χ3v) is 4.33. The van der Waals surface area contributed by atoms with Gasteiger partial charge in [-0.15, -0.1) is 0 Å². The Kier molecular flexibility index (Phi) is 7.07. The molecule has 3 heterocycles. The number of amides is 1. The fourth-order valence-corrected chi connectivity index (χ4v) is 3.09. The summed E-state index contributed by atoms with van der Waals surface area (Å²) >= 11 is 1.58. The van der Waals surface area contributed by atoms with Gasteiger partial charge in [-0.05, 0) is 52.8 Å². The summed E-state index contributed by atoms with van der Waals surface area (Å²) in [5.74, 6) is 1.40. The lowest BCUT2D eigenvalue weighted by molar-refractivity contribution is 0.0495. The number of thioether (sulfide) groups is 1. The number of hydrogen-bond acceptors (Lipinski definition) is 7. The molecule has 0 spiro atoms. The number of carbonyl (C=O) groups is 2. The molecule has 0 aliphatic carbocycles. The van der Waals surface area contributed by atoms with Gasteiger partial charge in [0.05, 0.1) is 11.1 Å². The second-order valence-electron chi connectivity index (χ2n) is 6.75. The molecule has 0 unspecified atom stereocenters. The Hall–Kier alpha value is -1.80. The maximum absolute atomic E-state index is 11.4. The summed E-state index contributed by atoms with van der Waals surface area (Å²) in [5.41, 5.74) is 0.0542. The zero-order valence-electron chi connectivity index (χ0n) is 14.8. The van der Waals surface area contributed by atoms with E-state index in [1.807, 2.05) is 20.8 Å². The molecule has 7 nitrogen and oxygen atoms in total. The van der Waals surface area contributed by atoms with Crippen molar-refractivity contribution in [2.75, 3.05) is 19.0 Å². The molecule has 0 atom stereocenters. The number of nitrogens with zero attached hydrogens (tertiary/aromatic N) is 1. The maximum Gasteiger partial charge on any atom is 0.407 e. The molecule has 0 radical (unpaired) electrons. The predicted octanol–water partition coefficient (Wildman–Crippen LogP) is 2.60. The summed E-state index contributed by atoms with van der Waals surface area (Å²) in [6.45, 7) is 7.56. The Morgan fingerprint density at radius 1 is 1.44 bits per heavy atom. The highest BCUT2D eigenvalue weighted by Crippen LogP contribution is 2.35. The Balaban J connectivity index is 0.000000185. The second-order valence-corrected chi connectivity index (χ2v) is 7.71. The van der Waals surface area contributed by atoms with Gasteiger partial charge < -0.3 is 20.1 Å². The number of piperidine rings is 1. The Labute approximate surface area is 152 Å². The standard InChI is InChI=1S/C10H20N2O2.C7H5NO2S/c1-10(2,3)14-9(13)12-8-4-6-11-7-5-8;9-3-5-1-7-6(2-8-5)10-4-11-7/h8,11H,4-7H2,1-3H3,(H,12,13);1-3H,4H2. The van der Waals surface area contributed by atoms with E-state index < -0.39 is 5.60 Å². The van der Waals surface area contributed by atoms with E-state index >= 15 is 0 Å². The maximum atomic E-state index is 11.4. The summed E-state index contributed by atoms with van der Waals surface area (Å²) in [6, 6.07) is 2.01. The van der Waals surface area contributed by atoms with Crippen LogP contribution in [-0.4, -0.2) is 48.0 Å². The first kappa shape index (κ1) is 19.5. The number of ether oxygens (including phenoxy) is 2. The third-order valence-electron chi connectivity index (χ3n) is 3.46. The van der Waals surface area contributed by atoms with Crippen LogP contribution in [0.15, 0.2) is 17.2 Å². The summed E-state index contributed by atoms with van der Waals surface area (Å²) in [4.78, 5) is 26.5. The molecule has 2 N–H and O–H groups in total. The van der Waals surface area contributed by atoms with Crippen LogP contribution in [0, 0.1) is 0 Å². The number of hydrogen-bond donors (Lipinski definition) is 2. The van der Waals surface area contributed by atoms with Gasteiger partial charge in [-0.2, -0.15) is 0 Å².